The molecule has 1 aliphatic heterocycles. The van der Waals surface area contributed by atoms with Gasteiger partial charge >= 0.3 is 0 Å². The van der Waals surface area contributed by atoms with E-state index >= 15 is 4.39 Å². The molecule has 0 unspecified atom stereocenters. The van der Waals surface area contributed by atoms with Gasteiger partial charge in [0.1, 0.15) is 17.3 Å². The van der Waals surface area contributed by atoms with Crippen molar-refractivity contribution in [1.29, 1.82) is 5.26 Å². The summed E-state index contributed by atoms with van der Waals surface area (Å²) >= 11 is 6.65. The Balaban J connectivity index is 1.91. The molecule has 2 N–H and O–H groups in total. The van der Waals surface area contributed by atoms with Crippen molar-refractivity contribution < 1.29 is 18.0 Å². The van der Waals surface area contributed by atoms with Crippen molar-refractivity contribution in [3.63, 3.8) is 0 Å². The van der Waals surface area contributed by atoms with Gasteiger partial charge in [-0.3, -0.25) is 19.1 Å². The molecule has 4 heterocycles. The summed E-state index contributed by atoms with van der Waals surface area (Å²) in [5.74, 6) is -5.26. The third-order valence-electron chi connectivity index (χ3n) is 7.62. The van der Waals surface area contributed by atoms with E-state index in [2.05, 4.69) is 16.5 Å². The molecular formula is C31H27ClF3N7O2. The van der Waals surface area contributed by atoms with Crippen molar-refractivity contribution in [2.45, 2.75) is 26.7 Å². The predicted molar refractivity (Wildman–Crippen MR) is 162 cm³/mol. The summed E-state index contributed by atoms with van der Waals surface area (Å²) in [6.45, 7) is 10.2. The van der Waals surface area contributed by atoms with Crippen LogP contribution in [0.3, 0.4) is 0 Å². The Morgan fingerprint density at radius 1 is 1.16 bits per heavy atom. The topological polar surface area (TPSA) is 121 Å². The van der Waals surface area contributed by atoms with Crippen LogP contribution in [-0.2, 0) is 4.79 Å². The molecule has 1 fully saturated rings. The molecule has 1 saturated heterocycles. The fourth-order valence-corrected chi connectivity index (χ4v) is 5.74. The van der Waals surface area contributed by atoms with Crippen LogP contribution in [-0.4, -0.2) is 51.5 Å². The second-order valence-electron chi connectivity index (χ2n) is 10.6. The Hall–Kier alpha value is -4.89. The van der Waals surface area contributed by atoms with E-state index in [0.717, 1.165) is 0 Å². The first-order valence-electron chi connectivity index (χ1n) is 13.7. The summed E-state index contributed by atoms with van der Waals surface area (Å²) in [5.41, 5.74) is 5.35. The summed E-state index contributed by atoms with van der Waals surface area (Å²) in [4.78, 5) is 39.0. The largest absolute Gasteiger partial charge is 0.398 e. The maximum atomic E-state index is 15.2. The SMILES string of the molecule is C=CC(=O)N1CCN(c2c(C#N)c(=O)n(-c3c(C)ccnc3C(C)C)c3nc(-c4c(N)cc(F)c(F)c4F)c(Cl)cc23)CC1. The second-order valence-corrected chi connectivity index (χ2v) is 11.1. The van der Waals surface area contributed by atoms with Gasteiger partial charge in [0.05, 0.1) is 33.3 Å². The normalized spacial score (nSPS) is 13.4. The van der Waals surface area contributed by atoms with Crippen molar-refractivity contribution in [3.8, 4) is 23.0 Å². The monoisotopic (exact) mass is 621 g/mol. The molecule has 5 rings (SSSR count). The van der Waals surface area contributed by atoms with Crippen LogP contribution in [0.1, 0.15) is 36.6 Å². The molecule has 9 nitrogen and oxygen atoms in total. The second kappa shape index (κ2) is 11.7. The number of rotatable bonds is 5. The molecule has 226 valence electrons. The Labute approximate surface area is 255 Å². The number of fused-ring (bicyclic) bond motifs is 1. The molecule has 1 aromatic carbocycles. The number of benzene rings is 1. The van der Waals surface area contributed by atoms with Crippen molar-refractivity contribution in [1.82, 2.24) is 19.4 Å². The Bertz CT molecular complexity index is 1960. The third kappa shape index (κ3) is 4.93. The molecule has 4 aromatic rings. The number of piperazine rings is 1. The van der Waals surface area contributed by atoms with E-state index in [4.69, 9.17) is 17.3 Å². The van der Waals surface area contributed by atoms with E-state index in [-0.39, 0.29) is 71.0 Å². The van der Waals surface area contributed by atoms with E-state index in [1.807, 2.05) is 19.9 Å². The summed E-state index contributed by atoms with van der Waals surface area (Å²) in [6.07, 6.45) is 2.81. The minimum Gasteiger partial charge on any atom is -0.398 e. The number of hydrogen-bond donors (Lipinski definition) is 1. The number of nitriles is 1. The van der Waals surface area contributed by atoms with Crippen LogP contribution in [0.25, 0.3) is 28.0 Å². The number of aromatic nitrogens is 3. The smallest absolute Gasteiger partial charge is 0.276 e. The number of pyridine rings is 3. The molecule has 1 aliphatic rings. The number of nitrogen functional groups attached to an aromatic ring is 1. The molecule has 13 heteroatoms. The number of carbonyl (C=O) groups excluding carboxylic acids is 1. The van der Waals surface area contributed by atoms with Crippen LogP contribution >= 0.6 is 11.6 Å². The van der Waals surface area contributed by atoms with Crippen molar-refractivity contribution in [3.05, 3.63) is 86.7 Å². The van der Waals surface area contributed by atoms with E-state index < -0.39 is 34.3 Å². The number of anilines is 2. The van der Waals surface area contributed by atoms with Gasteiger partial charge in [0.2, 0.25) is 5.91 Å². The molecule has 44 heavy (non-hydrogen) atoms. The average Bonchev–Trinajstić information content (AvgIpc) is 3.00. The summed E-state index contributed by atoms with van der Waals surface area (Å²) in [6, 6.07) is 5.75. The first-order chi connectivity index (χ1) is 20.9. The zero-order valence-electron chi connectivity index (χ0n) is 24.1. The highest BCUT2D eigenvalue weighted by Crippen LogP contribution is 2.40. The van der Waals surface area contributed by atoms with Crippen LogP contribution in [0.15, 0.2) is 41.8 Å². The van der Waals surface area contributed by atoms with Gasteiger partial charge in [0.15, 0.2) is 17.5 Å². The summed E-state index contributed by atoms with van der Waals surface area (Å²) in [5, 5.41) is 10.4. The lowest BCUT2D eigenvalue weighted by Crippen LogP contribution is -2.49. The van der Waals surface area contributed by atoms with Crippen molar-refractivity contribution in [2.24, 2.45) is 0 Å². The molecule has 1 amide bonds. The van der Waals surface area contributed by atoms with E-state index in [1.54, 1.807) is 29.0 Å². The fourth-order valence-electron chi connectivity index (χ4n) is 5.50. The molecule has 0 radical (unpaired) electrons. The van der Waals surface area contributed by atoms with Gasteiger partial charge in [-0.05, 0) is 36.6 Å². The van der Waals surface area contributed by atoms with Crippen molar-refractivity contribution >= 4 is 39.9 Å². The van der Waals surface area contributed by atoms with Gasteiger partial charge in [-0.1, -0.05) is 32.0 Å². The Morgan fingerprint density at radius 2 is 1.84 bits per heavy atom. The van der Waals surface area contributed by atoms with Gasteiger partial charge in [-0.15, -0.1) is 0 Å². The van der Waals surface area contributed by atoms with E-state index in [0.29, 0.717) is 23.0 Å². The highest BCUT2D eigenvalue weighted by atomic mass is 35.5. The molecule has 3 aromatic heterocycles. The Morgan fingerprint density at radius 3 is 2.45 bits per heavy atom. The number of carbonyl (C=O) groups is 1. The lowest BCUT2D eigenvalue weighted by Gasteiger charge is -2.36. The zero-order chi connectivity index (χ0) is 32.0. The van der Waals surface area contributed by atoms with E-state index in [9.17, 15) is 23.6 Å². The van der Waals surface area contributed by atoms with Crippen LogP contribution in [0.5, 0.6) is 0 Å². The number of nitrogens with two attached hydrogens (primary N) is 1. The number of nitrogens with zero attached hydrogens (tertiary/aromatic N) is 6. The third-order valence-corrected chi connectivity index (χ3v) is 7.91. The molecule has 0 atom stereocenters. The van der Waals surface area contributed by atoms with Gasteiger partial charge < -0.3 is 15.5 Å². The minimum atomic E-state index is -1.76. The Kier molecular flexibility index (Phi) is 8.09. The average molecular weight is 622 g/mol. The maximum absolute atomic E-state index is 15.2. The number of halogens is 4. The van der Waals surface area contributed by atoms with Crippen LogP contribution in [0, 0.1) is 35.7 Å². The highest BCUT2D eigenvalue weighted by molar-refractivity contribution is 6.34. The van der Waals surface area contributed by atoms with Gasteiger partial charge in [0, 0.05) is 49.5 Å². The van der Waals surface area contributed by atoms with Crippen LogP contribution < -0.4 is 16.2 Å². The maximum Gasteiger partial charge on any atom is 0.276 e. The lowest BCUT2D eigenvalue weighted by molar-refractivity contribution is -0.126. The van der Waals surface area contributed by atoms with Gasteiger partial charge in [0.25, 0.3) is 5.56 Å². The number of hydrogen-bond acceptors (Lipinski definition) is 7. The standard InChI is InChI=1S/C31H27ClF3N7O2/c1-5-22(43)40-8-10-41(11-9-40)29-17-12-19(32)27(23-21(37)13-20(33)24(34)25(23)35)39-30(17)42(31(44)18(29)14-36)28-16(4)6-7-38-26(28)15(2)3/h5-7,12-13,15H,1,8-11,37H2,2-4H3. The molecular weight excluding hydrogens is 595 g/mol. The highest BCUT2D eigenvalue weighted by Gasteiger charge is 2.30. The number of aryl methyl sites for hydroxylation is 1. The molecule has 0 spiro atoms. The summed E-state index contributed by atoms with van der Waals surface area (Å²) < 4.78 is 44.8. The first kappa shape index (κ1) is 30.6. The molecule has 0 aliphatic carbocycles. The van der Waals surface area contributed by atoms with E-state index in [1.165, 1.54) is 16.7 Å². The number of amides is 1. The van der Waals surface area contributed by atoms with Gasteiger partial charge in [-0.2, -0.15) is 5.26 Å². The molecule has 0 bridgehead atoms. The zero-order valence-corrected chi connectivity index (χ0v) is 24.8. The lowest BCUT2D eigenvalue weighted by atomic mass is 10.0. The first-order valence-corrected chi connectivity index (χ1v) is 14.0. The predicted octanol–water partition coefficient (Wildman–Crippen LogP) is 5.24. The van der Waals surface area contributed by atoms with Crippen LogP contribution in [0.2, 0.25) is 5.02 Å². The van der Waals surface area contributed by atoms with Gasteiger partial charge in [-0.25, -0.2) is 18.2 Å². The molecule has 0 saturated carbocycles. The van der Waals surface area contributed by atoms with Crippen LogP contribution in [0.4, 0.5) is 24.5 Å². The summed E-state index contributed by atoms with van der Waals surface area (Å²) in [7, 11) is 0. The van der Waals surface area contributed by atoms with Crippen molar-refractivity contribution in [2.75, 3.05) is 36.8 Å². The minimum absolute atomic E-state index is 0.0328. The fraction of sp³-hybridized carbons (Fsp3) is 0.258. The quantitative estimate of drug-likeness (QED) is 0.184.